The van der Waals surface area contributed by atoms with Gasteiger partial charge in [0.2, 0.25) is 5.91 Å². The van der Waals surface area contributed by atoms with Crippen molar-refractivity contribution in [1.29, 1.82) is 5.26 Å². The van der Waals surface area contributed by atoms with E-state index in [4.69, 9.17) is 15.7 Å². The van der Waals surface area contributed by atoms with Crippen LogP contribution in [0, 0.1) is 11.3 Å². The summed E-state index contributed by atoms with van der Waals surface area (Å²) in [4.78, 5) is 11.3. The number of hydrogen-bond donors (Lipinski definition) is 2. The number of amides is 1. The average Bonchev–Trinajstić information content (AvgIpc) is 2.79. The van der Waals surface area contributed by atoms with Crippen LogP contribution in [0.2, 0.25) is 0 Å². The Labute approximate surface area is 115 Å². The molecule has 0 bridgehead atoms. The van der Waals surface area contributed by atoms with Gasteiger partial charge in [0.25, 0.3) is 0 Å². The van der Waals surface area contributed by atoms with Crippen LogP contribution in [0.4, 0.5) is 11.4 Å². The maximum atomic E-state index is 11.3. The first kappa shape index (κ1) is 12.1. The Morgan fingerprint density at radius 3 is 2.70 bits per heavy atom. The highest BCUT2D eigenvalue weighted by Crippen LogP contribution is 2.35. The molecule has 0 unspecified atom stereocenters. The van der Waals surface area contributed by atoms with Crippen LogP contribution in [-0.2, 0) is 11.2 Å². The van der Waals surface area contributed by atoms with Crippen LogP contribution in [-0.4, -0.2) is 5.91 Å². The minimum absolute atomic E-state index is 0.0464. The number of nitriles is 1. The maximum Gasteiger partial charge on any atom is 0.228 e. The molecule has 2 aromatic rings. The van der Waals surface area contributed by atoms with E-state index >= 15 is 0 Å². The summed E-state index contributed by atoms with van der Waals surface area (Å²) in [6.07, 6.45) is 0.344. The van der Waals surface area contributed by atoms with Crippen molar-refractivity contribution < 1.29 is 9.53 Å². The second kappa shape index (κ2) is 4.59. The van der Waals surface area contributed by atoms with E-state index in [1.165, 1.54) is 0 Å². The molecule has 5 nitrogen and oxygen atoms in total. The molecule has 1 heterocycles. The van der Waals surface area contributed by atoms with Crippen molar-refractivity contribution in [1.82, 2.24) is 0 Å². The smallest absolute Gasteiger partial charge is 0.228 e. The number of carbonyl (C=O) groups is 1. The summed E-state index contributed by atoms with van der Waals surface area (Å²) in [6.45, 7) is 0. The standard InChI is InChI=1S/C15H11N3O2/c16-8-9-1-3-11(4-2-9)20-14-7-13-10(5-12(14)17)6-15(19)18-13/h1-5,7H,6,17H2,(H,18,19). The molecule has 20 heavy (non-hydrogen) atoms. The summed E-state index contributed by atoms with van der Waals surface area (Å²) in [7, 11) is 0. The number of fused-ring (bicyclic) bond motifs is 1. The zero-order valence-corrected chi connectivity index (χ0v) is 10.5. The molecule has 0 saturated heterocycles. The summed E-state index contributed by atoms with van der Waals surface area (Å²) in [5.74, 6) is 1.02. The topological polar surface area (TPSA) is 88.1 Å². The number of ether oxygens (including phenoxy) is 1. The molecule has 0 aromatic heterocycles. The van der Waals surface area contributed by atoms with Crippen LogP contribution in [0.5, 0.6) is 11.5 Å². The second-order valence-electron chi connectivity index (χ2n) is 4.51. The SMILES string of the molecule is N#Cc1ccc(Oc2cc3c(cc2N)CC(=O)N3)cc1. The van der Waals surface area contributed by atoms with Gasteiger partial charge in [-0.2, -0.15) is 5.26 Å². The van der Waals surface area contributed by atoms with Crippen molar-refractivity contribution in [3.05, 3.63) is 47.5 Å². The molecule has 0 radical (unpaired) electrons. The molecular weight excluding hydrogens is 254 g/mol. The fourth-order valence-electron chi connectivity index (χ4n) is 2.09. The minimum Gasteiger partial charge on any atom is -0.455 e. The van der Waals surface area contributed by atoms with Crippen LogP contribution < -0.4 is 15.8 Å². The van der Waals surface area contributed by atoms with Crippen molar-refractivity contribution in [2.45, 2.75) is 6.42 Å². The summed E-state index contributed by atoms with van der Waals surface area (Å²) < 4.78 is 5.68. The fraction of sp³-hybridized carbons (Fsp3) is 0.0667. The number of anilines is 2. The minimum atomic E-state index is -0.0464. The highest BCUT2D eigenvalue weighted by molar-refractivity contribution is 6.00. The van der Waals surface area contributed by atoms with Crippen LogP contribution in [0.15, 0.2) is 36.4 Å². The van der Waals surface area contributed by atoms with Gasteiger partial charge in [-0.05, 0) is 35.9 Å². The van der Waals surface area contributed by atoms with E-state index in [2.05, 4.69) is 5.32 Å². The van der Waals surface area contributed by atoms with E-state index in [0.717, 1.165) is 11.3 Å². The molecule has 98 valence electrons. The van der Waals surface area contributed by atoms with Gasteiger partial charge in [0.05, 0.1) is 23.7 Å². The molecule has 0 atom stereocenters. The van der Waals surface area contributed by atoms with Gasteiger partial charge in [-0.1, -0.05) is 0 Å². The normalized spacial score (nSPS) is 12.4. The van der Waals surface area contributed by atoms with Crippen LogP contribution >= 0.6 is 0 Å². The Kier molecular flexibility index (Phi) is 2.77. The highest BCUT2D eigenvalue weighted by Gasteiger charge is 2.20. The van der Waals surface area contributed by atoms with Gasteiger partial charge >= 0.3 is 0 Å². The molecular formula is C15H11N3O2. The third kappa shape index (κ3) is 2.15. The zero-order chi connectivity index (χ0) is 14.1. The van der Waals surface area contributed by atoms with Gasteiger partial charge in [0, 0.05) is 11.8 Å². The van der Waals surface area contributed by atoms with Gasteiger partial charge in [-0.3, -0.25) is 4.79 Å². The first-order valence-electron chi connectivity index (χ1n) is 6.06. The third-order valence-corrected chi connectivity index (χ3v) is 3.07. The quantitative estimate of drug-likeness (QED) is 0.816. The third-order valence-electron chi connectivity index (χ3n) is 3.07. The van der Waals surface area contributed by atoms with Crippen LogP contribution in [0.1, 0.15) is 11.1 Å². The van der Waals surface area contributed by atoms with E-state index in [1.807, 2.05) is 6.07 Å². The van der Waals surface area contributed by atoms with Gasteiger partial charge in [-0.15, -0.1) is 0 Å². The number of nitrogen functional groups attached to an aromatic ring is 1. The lowest BCUT2D eigenvalue weighted by Crippen LogP contribution is -2.03. The molecule has 5 heteroatoms. The van der Waals surface area contributed by atoms with Crippen molar-refractivity contribution in [3.8, 4) is 17.6 Å². The highest BCUT2D eigenvalue weighted by atomic mass is 16.5. The Balaban J connectivity index is 1.89. The number of nitrogens with zero attached hydrogens (tertiary/aromatic N) is 1. The Bertz CT molecular complexity index is 730. The molecule has 0 saturated carbocycles. The number of nitrogens with one attached hydrogen (secondary N) is 1. The summed E-state index contributed by atoms with van der Waals surface area (Å²) >= 11 is 0. The van der Waals surface area contributed by atoms with Gasteiger partial charge in [0.1, 0.15) is 5.75 Å². The first-order valence-corrected chi connectivity index (χ1v) is 6.06. The molecule has 2 aromatic carbocycles. The van der Waals surface area contributed by atoms with E-state index < -0.39 is 0 Å². The Morgan fingerprint density at radius 2 is 2.00 bits per heavy atom. The fourth-order valence-corrected chi connectivity index (χ4v) is 2.09. The van der Waals surface area contributed by atoms with Crippen molar-refractivity contribution in [3.63, 3.8) is 0 Å². The second-order valence-corrected chi connectivity index (χ2v) is 4.51. The molecule has 1 aliphatic rings. The van der Waals surface area contributed by atoms with Crippen LogP contribution in [0.3, 0.4) is 0 Å². The van der Waals surface area contributed by atoms with Gasteiger partial charge < -0.3 is 15.8 Å². The van der Waals surface area contributed by atoms with E-state index in [-0.39, 0.29) is 5.91 Å². The van der Waals surface area contributed by atoms with Crippen LogP contribution in [0.25, 0.3) is 0 Å². The lowest BCUT2D eigenvalue weighted by Gasteiger charge is -2.10. The van der Waals surface area contributed by atoms with Crippen molar-refractivity contribution in [2.24, 2.45) is 0 Å². The first-order chi connectivity index (χ1) is 9.65. The largest absolute Gasteiger partial charge is 0.455 e. The number of rotatable bonds is 2. The molecule has 1 aliphatic heterocycles. The lowest BCUT2D eigenvalue weighted by molar-refractivity contribution is -0.115. The average molecular weight is 265 g/mol. The Morgan fingerprint density at radius 1 is 1.25 bits per heavy atom. The molecule has 3 N–H and O–H groups in total. The van der Waals surface area contributed by atoms with Crippen molar-refractivity contribution >= 4 is 17.3 Å². The molecule has 0 fully saturated rings. The number of carbonyl (C=O) groups excluding carboxylic acids is 1. The predicted octanol–water partition coefficient (Wildman–Crippen LogP) is 2.43. The maximum absolute atomic E-state index is 11.3. The monoisotopic (exact) mass is 265 g/mol. The number of nitrogens with two attached hydrogens (primary N) is 1. The molecule has 3 rings (SSSR count). The van der Waals surface area contributed by atoms with Gasteiger partial charge in [-0.25, -0.2) is 0 Å². The summed E-state index contributed by atoms with van der Waals surface area (Å²) in [5, 5.41) is 11.5. The molecule has 1 amide bonds. The summed E-state index contributed by atoms with van der Waals surface area (Å²) in [6, 6.07) is 12.2. The van der Waals surface area contributed by atoms with E-state index in [9.17, 15) is 4.79 Å². The van der Waals surface area contributed by atoms with E-state index in [1.54, 1.807) is 36.4 Å². The molecule has 0 aliphatic carbocycles. The predicted molar refractivity (Wildman–Crippen MR) is 74.4 cm³/mol. The Hall–Kier alpha value is -3.00. The zero-order valence-electron chi connectivity index (χ0n) is 10.5. The number of hydrogen-bond acceptors (Lipinski definition) is 4. The molecule has 0 spiro atoms. The van der Waals surface area contributed by atoms with Crippen molar-refractivity contribution in [2.75, 3.05) is 11.1 Å². The van der Waals surface area contributed by atoms with Gasteiger partial charge in [0.15, 0.2) is 5.75 Å². The number of benzene rings is 2. The van der Waals surface area contributed by atoms with E-state index in [0.29, 0.717) is 29.2 Å². The lowest BCUT2D eigenvalue weighted by atomic mass is 10.1. The summed E-state index contributed by atoms with van der Waals surface area (Å²) in [5.41, 5.74) is 8.57.